The average molecular weight is 274 g/mol. The number of fused-ring (bicyclic) bond motifs is 2. The van der Waals surface area contributed by atoms with Gasteiger partial charge in [0.15, 0.2) is 0 Å². The van der Waals surface area contributed by atoms with Crippen LogP contribution >= 0.6 is 0 Å². The maximum Gasteiger partial charge on any atom is 0.356 e. The molecule has 2 atom stereocenters. The first-order chi connectivity index (χ1) is 9.33. The number of ether oxygens (including phenoxy) is 2. The molecule has 1 aliphatic carbocycles. The molecule has 0 amide bonds. The lowest BCUT2D eigenvalue weighted by Gasteiger charge is -2.34. The Morgan fingerprint density at radius 1 is 1.15 bits per heavy atom. The molecule has 0 unspecified atom stereocenters. The highest BCUT2D eigenvalue weighted by atomic mass is 16.6. The lowest BCUT2D eigenvalue weighted by molar-refractivity contribution is -0.176. The molecule has 1 heterocycles. The molecule has 4 heteroatoms. The zero-order valence-corrected chi connectivity index (χ0v) is 11.9. The summed E-state index contributed by atoms with van der Waals surface area (Å²) in [5, 5.41) is 0. The third kappa shape index (κ3) is 1.37. The monoisotopic (exact) mass is 274 g/mol. The molecule has 1 aliphatic heterocycles. The van der Waals surface area contributed by atoms with Crippen LogP contribution < -0.4 is 4.74 Å². The van der Waals surface area contributed by atoms with E-state index in [0.717, 1.165) is 0 Å². The van der Waals surface area contributed by atoms with Gasteiger partial charge in [0.1, 0.15) is 5.75 Å². The molecule has 1 aromatic rings. The Hall–Kier alpha value is -1.84. The van der Waals surface area contributed by atoms with Crippen LogP contribution in [0.15, 0.2) is 30.3 Å². The van der Waals surface area contributed by atoms with Crippen molar-refractivity contribution in [1.29, 1.82) is 0 Å². The van der Waals surface area contributed by atoms with Gasteiger partial charge in [-0.15, -0.1) is 0 Å². The Labute approximate surface area is 118 Å². The van der Waals surface area contributed by atoms with Gasteiger partial charge in [-0.1, -0.05) is 32.0 Å². The number of para-hydroxylation sites is 1. The van der Waals surface area contributed by atoms with Crippen molar-refractivity contribution < 1.29 is 19.1 Å². The molecule has 2 fully saturated rings. The van der Waals surface area contributed by atoms with E-state index in [9.17, 15) is 9.59 Å². The van der Waals surface area contributed by atoms with Crippen LogP contribution in [0, 0.1) is 10.8 Å². The summed E-state index contributed by atoms with van der Waals surface area (Å²) in [7, 11) is 0. The summed E-state index contributed by atoms with van der Waals surface area (Å²) in [4.78, 5) is 24.7. The van der Waals surface area contributed by atoms with Gasteiger partial charge in [-0.3, -0.25) is 4.79 Å². The van der Waals surface area contributed by atoms with Crippen LogP contribution in [0.4, 0.5) is 0 Å². The molecule has 4 nitrogen and oxygen atoms in total. The van der Waals surface area contributed by atoms with E-state index in [4.69, 9.17) is 9.47 Å². The van der Waals surface area contributed by atoms with E-state index >= 15 is 0 Å². The number of carbonyl (C=O) groups is 2. The van der Waals surface area contributed by atoms with Gasteiger partial charge < -0.3 is 9.47 Å². The van der Waals surface area contributed by atoms with Gasteiger partial charge in [-0.25, -0.2) is 4.79 Å². The Morgan fingerprint density at radius 2 is 1.80 bits per heavy atom. The van der Waals surface area contributed by atoms with Crippen LogP contribution in [0.3, 0.4) is 0 Å². The Morgan fingerprint density at radius 3 is 2.30 bits per heavy atom. The van der Waals surface area contributed by atoms with Gasteiger partial charge in [0.2, 0.25) is 5.60 Å². The molecule has 106 valence electrons. The third-order valence-corrected chi connectivity index (χ3v) is 5.37. The molecule has 1 saturated carbocycles. The summed E-state index contributed by atoms with van der Waals surface area (Å²) in [6.07, 6.45) is 1.18. The second-order valence-electron chi connectivity index (χ2n) is 6.38. The van der Waals surface area contributed by atoms with Crippen molar-refractivity contribution >= 4 is 11.9 Å². The van der Waals surface area contributed by atoms with Crippen LogP contribution in [0.2, 0.25) is 0 Å². The molecule has 2 aliphatic rings. The number of rotatable bonds is 2. The summed E-state index contributed by atoms with van der Waals surface area (Å²) >= 11 is 0. The van der Waals surface area contributed by atoms with Crippen molar-refractivity contribution in [1.82, 2.24) is 0 Å². The van der Waals surface area contributed by atoms with E-state index in [-0.39, 0.29) is 5.97 Å². The summed E-state index contributed by atoms with van der Waals surface area (Å²) in [6, 6.07) is 8.87. The largest absolute Gasteiger partial charge is 0.446 e. The first-order valence-electron chi connectivity index (χ1n) is 6.84. The number of carbonyl (C=O) groups excluding carboxylic acids is 2. The van der Waals surface area contributed by atoms with Crippen molar-refractivity contribution in [3.8, 4) is 5.75 Å². The average Bonchev–Trinajstić information content (AvgIpc) is 2.70. The molecule has 2 bridgehead atoms. The first-order valence-corrected chi connectivity index (χ1v) is 6.84. The molecular weight excluding hydrogens is 256 g/mol. The predicted octanol–water partition coefficient (Wildman–Crippen LogP) is 2.71. The second kappa shape index (κ2) is 3.84. The van der Waals surface area contributed by atoms with Crippen molar-refractivity contribution in [2.45, 2.75) is 39.2 Å². The van der Waals surface area contributed by atoms with Crippen LogP contribution in [0.1, 0.15) is 33.6 Å². The third-order valence-electron chi connectivity index (χ3n) is 5.37. The highest BCUT2D eigenvalue weighted by molar-refractivity contribution is 5.94. The van der Waals surface area contributed by atoms with E-state index in [1.54, 1.807) is 24.3 Å². The standard InChI is InChI=1S/C16H18O4/c1-14(2)15(3)9-10-16(14,20-12(15)17)13(18)19-11-7-5-4-6-8-11/h4-8H,9-10H2,1-3H3/t15-,16-/m1/s1. The number of hydrogen-bond acceptors (Lipinski definition) is 4. The quantitative estimate of drug-likeness (QED) is 0.614. The molecule has 3 rings (SSSR count). The fourth-order valence-corrected chi connectivity index (χ4v) is 3.38. The molecular formula is C16H18O4. The zero-order chi connectivity index (χ0) is 14.6. The van der Waals surface area contributed by atoms with E-state index in [0.29, 0.717) is 18.6 Å². The van der Waals surface area contributed by atoms with Crippen molar-refractivity contribution in [3.05, 3.63) is 30.3 Å². The van der Waals surface area contributed by atoms with Crippen LogP contribution in [0.5, 0.6) is 5.75 Å². The van der Waals surface area contributed by atoms with E-state index in [2.05, 4.69) is 0 Å². The lowest BCUT2D eigenvalue weighted by atomic mass is 9.66. The molecule has 1 saturated heterocycles. The Kier molecular flexibility index (Phi) is 2.53. The highest BCUT2D eigenvalue weighted by Gasteiger charge is 2.76. The van der Waals surface area contributed by atoms with Crippen LogP contribution in [0.25, 0.3) is 0 Å². The van der Waals surface area contributed by atoms with Crippen molar-refractivity contribution in [2.75, 3.05) is 0 Å². The number of hydrogen-bond donors (Lipinski definition) is 0. The first kappa shape index (κ1) is 13.2. The van der Waals surface area contributed by atoms with Crippen molar-refractivity contribution in [2.24, 2.45) is 10.8 Å². The topological polar surface area (TPSA) is 52.6 Å². The minimum absolute atomic E-state index is 0.293. The Bertz CT molecular complexity index is 577. The highest BCUT2D eigenvalue weighted by Crippen LogP contribution is 2.65. The van der Waals surface area contributed by atoms with Gasteiger partial charge in [-0.2, -0.15) is 0 Å². The summed E-state index contributed by atoms with van der Waals surface area (Å²) in [5.74, 6) is -0.290. The van der Waals surface area contributed by atoms with Gasteiger partial charge >= 0.3 is 11.9 Å². The fourth-order valence-electron chi connectivity index (χ4n) is 3.38. The molecule has 0 spiro atoms. The predicted molar refractivity (Wildman–Crippen MR) is 72.0 cm³/mol. The summed E-state index contributed by atoms with van der Waals surface area (Å²) in [6.45, 7) is 5.70. The molecule has 1 aromatic carbocycles. The molecule has 20 heavy (non-hydrogen) atoms. The lowest BCUT2D eigenvalue weighted by Crippen LogP contribution is -2.50. The van der Waals surface area contributed by atoms with Gasteiger partial charge in [-0.05, 0) is 31.9 Å². The number of benzene rings is 1. The summed E-state index contributed by atoms with van der Waals surface area (Å²) in [5.41, 5.74) is -2.33. The van der Waals surface area contributed by atoms with Gasteiger partial charge in [0.05, 0.1) is 5.41 Å². The Balaban J connectivity index is 1.94. The van der Waals surface area contributed by atoms with Crippen LogP contribution in [-0.4, -0.2) is 17.5 Å². The maximum absolute atomic E-state index is 12.6. The van der Waals surface area contributed by atoms with E-state index in [1.165, 1.54) is 0 Å². The SMILES string of the molecule is CC1(C)[C@]2(C)CC[C@]1(C(=O)Oc1ccccc1)OC2=O. The van der Waals surface area contributed by atoms with Crippen LogP contribution in [-0.2, 0) is 14.3 Å². The van der Waals surface area contributed by atoms with Crippen molar-refractivity contribution in [3.63, 3.8) is 0 Å². The minimum atomic E-state index is -1.16. The minimum Gasteiger partial charge on any atom is -0.446 e. The number of esters is 2. The normalized spacial score (nSPS) is 33.9. The fraction of sp³-hybridized carbons (Fsp3) is 0.500. The summed E-state index contributed by atoms with van der Waals surface area (Å²) < 4.78 is 10.9. The van der Waals surface area contributed by atoms with Gasteiger partial charge in [0.25, 0.3) is 0 Å². The van der Waals surface area contributed by atoms with E-state index in [1.807, 2.05) is 26.8 Å². The second-order valence-corrected chi connectivity index (χ2v) is 6.38. The molecule has 0 radical (unpaired) electrons. The molecule has 0 N–H and O–H groups in total. The zero-order valence-electron chi connectivity index (χ0n) is 11.9. The van der Waals surface area contributed by atoms with Gasteiger partial charge in [0, 0.05) is 5.41 Å². The van der Waals surface area contributed by atoms with E-state index < -0.39 is 22.4 Å². The molecule has 0 aromatic heterocycles. The smallest absolute Gasteiger partial charge is 0.356 e. The maximum atomic E-state index is 12.6.